The van der Waals surface area contributed by atoms with E-state index in [1.165, 1.54) is 24.3 Å². The van der Waals surface area contributed by atoms with Crippen LogP contribution in [0.25, 0.3) is 0 Å². The van der Waals surface area contributed by atoms with Gasteiger partial charge in [-0.15, -0.1) is 0 Å². The van der Waals surface area contributed by atoms with Crippen molar-refractivity contribution in [3.05, 3.63) is 35.9 Å². The van der Waals surface area contributed by atoms with Crippen LogP contribution in [0.1, 0.15) is 25.3 Å². The van der Waals surface area contributed by atoms with Crippen molar-refractivity contribution < 1.29 is 26.4 Å². The molecule has 1 heterocycles. The molecule has 0 spiro atoms. The first-order chi connectivity index (χ1) is 10.5. The fourth-order valence-corrected chi connectivity index (χ4v) is 3.49. The first kappa shape index (κ1) is 17.8. The third-order valence-electron chi connectivity index (χ3n) is 4.36. The molecular formula is C15H18F3NO3S. The number of sulfone groups is 1. The van der Waals surface area contributed by atoms with Crippen LogP contribution in [0.5, 0.6) is 0 Å². The maximum atomic E-state index is 13.9. The Balaban J connectivity index is 2.57. The van der Waals surface area contributed by atoms with Gasteiger partial charge in [0, 0.05) is 12.8 Å². The highest BCUT2D eigenvalue weighted by molar-refractivity contribution is 7.92. The Bertz CT molecular complexity index is 688. The summed E-state index contributed by atoms with van der Waals surface area (Å²) in [6, 6.07) is 7.19. The van der Waals surface area contributed by atoms with Gasteiger partial charge in [0.1, 0.15) is 5.25 Å². The molecule has 1 fully saturated rings. The number of benzene rings is 1. The van der Waals surface area contributed by atoms with Gasteiger partial charge in [-0.05, 0) is 25.3 Å². The zero-order valence-corrected chi connectivity index (χ0v) is 13.6. The molecule has 1 aromatic rings. The molecule has 1 amide bonds. The van der Waals surface area contributed by atoms with E-state index in [0.717, 1.165) is 13.2 Å². The van der Waals surface area contributed by atoms with Gasteiger partial charge >= 0.3 is 6.18 Å². The van der Waals surface area contributed by atoms with Crippen molar-refractivity contribution in [2.45, 2.75) is 36.7 Å². The number of halogens is 3. The van der Waals surface area contributed by atoms with Crippen molar-refractivity contribution in [3.63, 3.8) is 0 Å². The molecule has 0 N–H and O–H groups in total. The summed E-state index contributed by atoms with van der Waals surface area (Å²) in [5.41, 5.74) is -2.51. The molecule has 0 unspecified atom stereocenters. The van der Waals surface area contributed by atoms with E-state index in [-0.39, 0.29) is 24.9 Å². The topological polar surface area (TPSA) is 54.5 Å². The second-order valence-electron chi connectivity index (χ2n) is 5.79. The Hall–Kier alpha value is -1.57. The number of hydrogen-bond donors (Lipinski definition) is 0. The highest BCUT2D eigenvalue weighted by Gasteiger charge is 2.63. The monoisotopic (exact) mass is 349 g/mol. The number of hydrogen-bond acceptors (Lipinski definition) is 3. The lowest BCUT2D eigenvalue weighted by atomic mass is 9.86. The Morgan fingerprint density at radius 1 is 1.26 bits per heavy atom. The Labute approximate surface area is 133 Å². The molecule has 1 saturated heterocycles. The summed E-state index contributed by atoms with van der Waals surface area (Å²) >= 11 is 0. The molecule has 2 atom stereocenters. The zero-order chi connectivity index (χ0) is 17.5. The summed E-state index contributed by atoms with van der Waals surface area (Å²) in [6.45, 7) is 1.01. The molecule has 23 heavy (non-hydrogen) atoms. The zero-order valence-electron chi connectivity index (χ0n) is 12.8. The molecule has 128 valence electrons. The van der Waals surface area contributed by atoms with Crippen LogP contribution in [0.15, 0.2) is 30.3 Å². The van der Waals surface area contributed by atoms with Crippen molar-refractivity contribution in [1.29, 1.82) is 0 Å². The first-order valence-electron chi connectivity index (χ1n) is 7.14. The van der Waals surface area contributed by atoms with Crippen LogP contribution in [0, 0.1) is 0 Å². The maximum absolute atomic E-state index is 13.9. The second-order valence-corrected chi connectivity index (χ2v) is 8.16. The fraction of sp³-hybridized carbons (Fsp3) is 0.533. The predicted molar refractivity (Wildman–Crippen MR) is 79.4 cm³/mol. The van der Waals surface area contributed by atoms with Crippen LogP contribution >= 0.6 is 0 Å². The molecule has 0 aromatic heterocycles. The summed E-state index contributed by atoms with van der Waals surface area (Å²) in [6.07, 6.45) is -3.96. The molecule has 2 rings (SSSR count). The summed E-state index contributed by atoms with van der Waals surface area (Å²) in [5, 5.41) is -1.51. The van der Waals surface area contributed by atoms with Crippen molar-refractivity contribution in [2.24, 2.45) is 0 Å². The molecule has 0 radical (unpaired) electrons. The summed E-state index contributed by atoms with van der Waals surface area (Å²) in [7, 11) is -3.78. The molecule has 4 nitrogen and oxygen atoms in total. The van der Waals surface area contributed by atoms with Gasteiger partial charge in [-0.3, -0.25) is 4.79 Å². The minimum Gasteiger partial charge on any atom is -0.323 e. The number of rotatable bonds is 3. The van der Waals surface area contributed by atoms with Crippen LogP contribution in [-0.2, 0) is 20.2 Å². The normalized spacial score (nSPS) is 23.8. The van der Waals surface area contributed by atoms with E-state index in [0.29, 0.717) is 4.90 Å². The highest BCUT2D eigenvalue weighted by Crippen LogP contribution is 2.50. The van der Waals surface area contributed by atoms with Crippen LogP contribution in [0.2, 0.25) is 0 Å². The van der Waals surface area contributed by atoms with E-state index in [9.17, 15) is 26.4 Å². The van der Waals surface area contributed by atoms with E-state index in [1.807, 2.05) is 0 Å². The van der Waals surface area contributed by atoms with E-state index >= 15 is 0 Å². The average Bonchev–Trinajstić information content (AvgIpc) is 2.91. The fourth-order valence-electron chi connectivity index (χ4n) is 2.99. The van der Waals surface area contributed by atoms with Gasteiger partial charge in [-0.25, -0.2) is 8.42 Å². The number of nitrogens with zero attached hydrogens (tertiary/aromatic N) is 1. The van der Waals surface area contributed by atoms with Gasteiger partial charge in [0.2, 0.25) is 5.91 Å². The number of carbonyl (C=O) groups excluding carboxylic acids is 1. The smallest absolute Gasteiger partial charge is 0.323 e. The Kier molecular flexibility index (Phi) is 4.49. The quantitative estimate of drug-likeness (QED) is 0.843. The standard InChI is InChI=1S/C15H18F3NO3S/c1-11(23(2,21)22)13(20)19-10-6-9-14(19,15(16,17)18)12-7-4-3-5-8-12/h3-5,7-8,11H,6,9-10H2,1-2H3/t11-,14-/m1/s1. The van der Waals surface area contributed by atoms with E-state index < -0.39 is 32.7 Å². The Morgan fingerprint density at radius 3 is 2.30 bits per heavy atom. The van der Waals surface area contributed by atoms with E-state index in [1.54, 1.807) is 6.07 Å². The van der Waals surface area contributed by atoms with Gasteiger partial charge in [0.05, 0.1) is 0 Å². The number of likely N-dealkylation sites (tertiary alicyclic amines) is 1. The predicted octanol–water partition coefficient (Wildman–Crippen LogP) is 2.50. The van der Waals surface area contributed by atoms with Gasteiger partial charge in [0.15, 0.2) is 15.4 Å². The highest BCUT2D eigenvalue weighted by atomic mass is 32.2. The van der Waals surface area contributed by atoms with E-state index in [4.69, 9.17) is 0 Å². The minimum absolute atomic E-state index is 0.0425. The third kappa shape index (κ3) is 2.96. The van der Waals surface area contributed by atoms with Crippen LogP contribution < -0.4 is 0 Å². The number of carbonyl (C=O) groups is 1. The van der Waals surface area contributed by atoms with Crippen LogP contribution in [0.4, 0.5) is 13.2 Å². The summed E-state index contributed by atoms with van der Waals surface area (Å²) in [5.74, 6) is -1.01. The number of amides is 1. The third-order valence-corrected chi connectivity index (χ3v) is 5.84. The minimum atomic E-state index is -4.70. The van der Waals surface area contributed by atoms with Crippen LogP contribution in [-0.4, -0.2) is 43.5 Å². The average molecular weight is 349 g/mol. The van der Waals surface area contributed by atoms with Crippen LogP contribution in [0.3, 0.4) is 0 Å². The van der Waals surface area contributed by atoms with E-state index in [2.05, 4.69) is 0 Å². The number of alkyl halides is 3. The lowest BCUT2D eigenvalue weighted by Gasteiger charge is -2.41. The molecule has 0 aliphatic carbocycles. The Morgan fingerprint density at radius 2 is 1.83 bits per heavy atom. The van der Waals surface area contributed by atoms with Gasteiger partial charge < -0.3 is 4.90 Å². The molecule has 1 aromatic carbocycles. The van der Waals surface area contributed by atoms with Gasteiger partial charge in [-0.1, -0.05) is 30.3 Å². The van der Waals surface area contributed by atoms with Crippen molar-refractivity contribution >= 4 is 15.7 Å². The van der Waals surface area contributed by atoms with Crippen molar-refractivity contribution in [2.75, 3.05) is 12.8 Å². The lowest BCUT2D eigenvalue weighted by Crippen LogP contribution is -2.57. The first-order valence-corrected chi connectivity index (χ1v) is 9.10. The van der Waals surface area contributed by atoms with Gasteiger partial charge in [0.25, 0.3) is 0 Å². The summed E-state index contributed by atoms with van der Waals surface area (Å²) in [4.78, 5) is 13.2. The second kappa shape index (κ2) is 5.81. The lowest BCUT2D eigenvalue weighted by molar-refractivity contribution is -0.228. The molecule has 1 aliphatic heterocycles. The van der Waals surface area contributed by atoms with Gasteiger partial charge in [-0.2, -0.15) is 13.2 Å². The molecule has 0 bridgehead atoms. The molecular weight excluding hydrogens is 331 g/mol. The van der Waals surface area contributed by atoms with Crippen molar-refractivity contribution in [3.8, 4) is 0 Å². The summed E-state index contributed by atoms with van der Waals surface area (Å²) < 4.78 is 65.0. The molecule has 1 aliphatic rings. The largest absolute Gasteiger partial charge is 0.415 e. The maximum Gasteiger partial charge on any atom is 0.415 e. The van der Waals surface area contributed by atoms with Crippen molar-refractivity contribution in [1.82, 2.24) is 4.90 Å². The molecule has 0 saturated carbocycles. The molecule has 8 heteroatoms. The SMILES string of the molecule is C[C@H](C(=O)N1CCC[C@@]1(c1ccccc1)C(F)(F)F)S(C)(=O)=O.